The summed E-state index contributed by atoms with van der Waals surface area (Å²) in [6.07, 6.45) is 3.83. The van der Waals surface area contributed by atoms with Crippen LogP contribution in [0, 0.1) is 0 Å². The van der Waals surface area contributed by atoms with E-state index in [9.17, 15) is 0 Å². The second-order valence-electron chi connectivity index (χ2n) is 5.04. The van der Waals surface area contributed by atoms with Crippen molar-refractivity contribution in [2.75, 3.05) is 19.8 Å². The first kappa shape index (κ1) is 17.5. The lowest BCUT2D eigenvalue weighted by Crippen LogP contribution is -2.33. The molecule has 1 aromatic rings. The van der Waals surface area contributed by atoms with Gasteiger partial charge >= 0.3 is 0 Å². The van der Waals surface area contributed by atoms with E-state index in [1.165, 1.54) is 0 Å². The van der Waals surface area contributed by atoms with Crippen molar-refractivity contribution in [3.05, 3.63) is 16.4 Å². The van der Waals surface area contributed by atoms with Crippen LogP contribution in [0.3, 0.4) is 0 Å². The molecular formula is C15H28ClN3O. The van der Waals surface area contributed by atoms with Gasteiger partial charge in [0, 0.05) is 32.7 Å². The molecular weight excluding hydrogens is 274 g/mol. The van der Waals surface area contributed by atoms with Crippen molar-refractivity contribution in [1.82, 2.24) is 15.1 Å². The monoisotopic (exact) mass is 301 g/mol. The number of nitrogens with one attached hydrogen (secondary N) is 1. The normalized spacial score (nSPS) is 12.8. The average molecular weight is 302 g/mol. The Bertz CT molecular complexity index is 393. The number of hydrogen-bond acceptors (Lipinski definition) is 3. The summed E-state index contributed by atoms with van der Waals surface area (Å²) in [4.78, 5) is 0. The molecule has 0 aliphatic rings. The largest absolute Gasteiger partial charge is 0.381 e. The zero-order chi connectivity index (χ0) is 15.0. The van der Waals surface area contributed by atoms with Crippen molar-refractivity contribution in [2.45, 2.75) is 52.5 Å². The van der Waals surface area contributed by atoms with Crippen molar-refractivity contribution >= 4 is 11.6 Å². The summed E-state index contributed by atoms with van der Waals surface area (Å²) in [5, 5.41) is 8.81. The van der Waals surface area contributed by atoms with Crippen LogP contribution >= 0.6 is 11.6 Å². The molecule has 1 atom stereocenters. The van der Waals surface area contributed by atoms with Crippen molar-refractivity contribution in [1.29, 1.82) is 0 Å². The summed E-state index contributed by atoms with van der Waals surface area (Å²) in [7, 11) is 1.97. The predicted molar refractivity (Wildman–Crippen MR) is 84.5 cm³/mol. The Hall–Kier alpha value is -0.580. The van der Waals surface area contributed by atoms with E-state index in [0.29, 0.717) is 6.04 Å². The fourth-order valence-corrected chi connectivity index (χ4v) is 2.68. The molecule has 0 saturated heterocycles. The molecule has 0 aliphatic carbocycles. The number of aryl methyl sites for hydroxylation is 2. The third-order valence-corrected chi connectivity index (χ3v) is 3.83. The second kappa shape index (κ2) is 9.37. The highest BCUT2D eigenvalue weighted by Gasteiger charge is 2.17. The lowest BCUT2D eigenvalue weighted by atomic mass is 10.1. The standard InChI is InChI=1S/C15H28ClN3O/c1-5-9-20-10-8-12(17-7-3)11-14-15(16)13(6-2)18-19(14)4/h12,17H,5-11H2,1-4H3. The number of likely N-dealkylation sites (N-methyl/N-ethyl adjacent to an activating group) is 1. The van der Waals surface area contributed by atoms with E-state index in [-0.39, 0.29) is 0 Å². The van der Waals surface area contributed by atoms with Gasteiger partial charge < -0.3 is 10.1 Å². The van der Waals surface area contributed by atoms with Crippen molar-refractivity contribution in [3.8, 4) is 0 Å². The van der Waals surface area contributed by atoms with Crippen LogP contribution in [0.2, 0.25) is 5.02 Å². The minimum absolute atomic E-state index is 0.384. The second-order valence-corrected chi connectivity index (χ2v) is 5.42. The average Bonchev–Trinajstić information content (AvgIpc) is 2.71. The van der Waals surface area contributed by atoms with Crippen LogP contribution in [0.5, 0.6) is 0 Å². The number of aromatic nitrogens is 2. The van der Waals surface area contributed by atoms with Crippen LogP contribution in [0.25, 0.3) is 0 Å². The van der Waals surface area contributed by atoms with Gasteiger partial charge in [0.05, 0.1) is 16.4 Å². The van der Waals surface area contributed by atoms with Gasteiger partial charge in [-0.2, -0.15) is 5.10 Å². The molecule has 0 aromatic carbocycles. The summed E-state index contributed by atoms with van der Waals surface area (Å²) >= 11 is 6.42. The number of halogens is 1. The molecule has 20 heavy (non-hydrogen) atoms. The van der Waals surface area contributed by atoms with Crippen LogP contribution in [-0.2, 0) is 24.6 Å². The topological polar surface area (TPSA) is 39.1 Å². The molecule has 0 saturated carbocycles. The van der Waals surface area contributed by atoms with Gasteiger partial charge in [-0.25, -0.2) is 0 Å². The molecule has 0 fully saturated rings. The van der Waals surface area contributed by atoms with Crippen LogP contribution in [0.4, 0.5) is 0 Å². The van der Waals surface area contributed by atoms with Gasteiger partial charge in [0.1, 0.15) is 0 Å². The van der Waals surface area contributed by atoms with Crippen LogP contribution in [-0.4, -0.2) is 35.6 Å². The van der Waals surface area contributed by atoms with Gasteiger partial charge in [0.25, 0.3) is 0 Å². The fraction of sp³-hybridized carbons (Fsp3) is 0.800. The summed E-state index contributed by atoms with van der Waals surface area (Å²) in [6, 6.07) is 0.384. The molecule has 0 amide bonds. The molecule has 1 unspecified atom stereocenters. The summed E-state index contributed by atoms with van der Waals surface area (Å²) in [6.45, 7) is 8.92. The number of ether oxygens (including phenoxy) is 1. The van der Waals surface area contributed by atoms with E-state index >= 15 is 0 Å². The van der Waals surface area contributed by atoms with E-state index < -0.39 is 0 Å². The van der Waals surface area contributed by atoms with Crippen molar-refractivity contribution < 1.29 is 4.74 Å². The lowest BCUT2D eigenvalue weighted by Gasteiger charge is -2.18. The van der Waals surface area contributed by atoms with Gasteiger partial charge in [-0.05, 0) is 25.8 Å². The molecule has 1 rings (SSSR count). The maximum atomic E-state index is 6.42. The molecule has 1 heterocycles. The molecule has 0 aliphatic heterocycles. The van der Waals surface area contributed by atoms with Crippen molar-refractivity contribution in [2.24, 2.45) is 7.05 Å². The Morgan fingerprint density at radius 1 is 1.30 bits per heavy atom. The zero-order valence-electron chi connectivity index (χ0n) is 13.2. The number of hydrogen-bond donors (Lipinski definition) is 1. The Morgan fingerprint density at radius 3 is 2.60 bits per heavy atom. The summed E-state index contributed by atoms with van der Waals surface area (Å²) in [5.41, 5.74) is 2.10. The molecule has 0 bridgehead atoms. The molecule has 1 N–H and O–H groups in total. The summed E-state index contributed by atoms with van der Waals surface area (Å²) < 4.78 is 7.50. The molecule has 5 heteroatoms. The zero-order valence-corrected chi connectivity index (χ0v) is 14.0. The fourth-order valence-electron chi connectivity index (χ4n) is 2.31. The number of nitrogens with zero attached hydrogens (tertiary/aromatic N) is 2. The highest BCUT2D eigenvalue weighted by atomic mass is 35.5. The third-order valence-electron chi connectivity index (χ3n) is 3.39. The van der Waals surface area contributed by atoms with Gasteiger partial charge in [-0.3, -0.25) is 4.68 Å². The van der Waals surface area contributed by atoms with Crippen LogP contribution < -0.4 is 5.32 Å². The van der Waals surface area contributed by atoms with Crippen molar-refractivity contribution in [3.63, 3.8) is 0 Å². The Balaban J connectivity index is 2.62. The molecule has 116 valence electrons. The molecule has 0 spiro atoms. The molecule has 1 aromatic heterocycles. The maximum absolute atomic E-state index is 6.42. The third kappa shape index (κ3) is 5.08. The van der Waals surface area contributed by atoms with Gasteiger partial charge in [-0.15, -0.1) is 0 Å². The van der Waals surface area contributed by atoms with Gasteiger partial charge in [0.2, 0.25) is 0 Å². The smallest absolute Gasteiger partial charge is 0.0850 e. The first-order valence-electron chi connectivity index (χ1n) is 7.65. The van der Waals surface area contributed by atoms with Crippen LogP contribution in [0.1, 0.15) is 45.0 Å². The van der Waals surface area contributed by atoms with E-state index in [2.05, 4.69) is 31.2 Å². The van der Waals surface area contributed by atoms with Gasteiger partial charge in [-0.1, -0.05) is 32.4 Å². The Kier molecular flexibility index (Phi) is 8.19. The lowest BCUT2D eigenvalue weighted by molar-refractivity contribution is 0.124. The van der Waals surface area contributed by atoms with E-state index in [0.717, 1.165) is 61.9 Å². The first-order chi connectivity index (χ1) is 9.63. The maximum Gasteiger partial charge on any atom is 0.0850 e. The van der Waals surface area contributed by atoms with Crippen LogP contribution in [0.15, 0.2) is 0 Å². The Labute approximate surface area is 127 Å². The van der Waals surface area contributed by atoms with E-state index in [1.54, 1.807) is 0 Å². The predicted octanol–water partition coefficient (Wildman–Crippen LogP) is 2.97. The van der Waals surface area contributed by atoms with Gasteiger partial charge in [0.15, 0.2) is 0 Å². The highest BCUT2D eigenvalue weighted by molar-refractivity contribution is 6.31. The van der Waals surface area contributed by atoms with E-state index in [4.69, 9.17) is 16.3 Å². The Morgan fingerprint density at radius 2 is 2.05 bits per heavy atom. The minimum Gasteiger partial charge on any atom is -0.381 e. The molecule has 0 radical (unpaired) electrons. The number of rotatable bonds is 10. The first-order valence-corrected chi connectivity index (χ1v) is 8.03. The summed E-state index contributed by atoms with van der Waals surface area (Å²) in [5.74, 6) is 0. The quantitative estimate of drug-likeness (QED) is 0.675. The minimum atomic E-state index is 0.384. The molecule has 4 nitrogen and oxygen atoms in total. The SMILES string of the molecule is CCCOCCC(Cc1c(Cl)c(CC)nn1C)NCC. The highest BCUT2D eigenvalue weighted by Crippen LogP contribution is 2.22. The van der Waals surface area contributed by atoms with E-state index in [1.807, 2.05) is 11.7 Å².